The van der Waals surface area contributed by atoms with Gasteiger partial charge in [-0.25, -0.2) is 9.97 Å². The average Bonchev–Trinajstić information content (AvgIpc) is 2.75. The van der Waals surface area contributed by atoms with Gasteiger partial charge in [0.15, 0.2) is 5.65 Å². The zero-order valence-electron chi connectivity index (χ0n) is 12.9. The van der Waals surface area contributed by atoms with Gasteiger partial charge in [-0.3, -0.25) is 0 Å². The number of nitriles is 1. The van der Waals surface area contributed by atoms with Crippen LogP contribution in [0.2, 0.25) is 0 Å². The summed E-state index contributed by atoms with van der Waals surface area (Å²) in [5.74, 6) is 1.35. The average molecular weight is 303 g/mol. The first-order valence-corrected chi connectivity index (χ1v) is 8.33. The monoisotopic (exact) mass is 303 g/mol. The molecular weight excluding hydrogens is 286 g/mol. The SMILES string of the molecule is N#Cc1ccc2nc3c4c5n(c3nc2c1)CCCN5CCCC4. The Labute approximate surface area is 134 Å². The molecule has 2 aliphatic heterocycles. The van der Waals surface area contributed by atoms with E-state index in [1.54, 1.807) is 0 Å². The van der Waals surface area contributed by atoms with Gasteiger partial charge in [0.05, 0.1) is 22.7 Å². The van der Waals surface area contributed by atoms with E-state index < -0.39 is 0 Å². The Bertz CT molecular complexity index is 979. The quantitative estimate of drug-likeness (QED) is 0.640. The first kappa shape index (κ1) is 12.9. The van der Waals surface area contributed by atoms with Crippen molar-refractivity contribution in [1.29, 1.82) is 5.26 Å². The highest BCUT2D eigenvalue weighted by molar-refractivity contribution is 5.91. The van der Waals surface area contributed by atoms with E-state index in [1.165, 1.54) is 24.2 Å². The molecule has 0 fully saturated rings. The molecule has 0 saturated carbocycles. The van der Waals surface area contributed by atoms with Gasteiger partial charge in [-0.2, -0.15) is 5.26 Å². The second-order valence-corrected chi connectivity index (χ2v) is 6.46. The number of fused-ring (bicyclic) bond motifs is 4. The molecule has 0 amide bonds. The van der Waals surface area contributed by atoms with Crippen molar-refractivity contribution in [2.45, 2.75) is 32.2 Å². The molecule has 4 heterocycles. The van der Waals surface area contributed by atoms with Crippen LogP contribution in [0.15, 0.2) is 18.2 Å². The van der Waals surface area contributed by atoms with Gasteiger partial charge in [-0.05, 0) is 43.9 Å². The molecule has 5 rings (SSSR count). The molecule has 0 radical (unpaired) electrons. The van der Waals surface area contributed by atoms with Crippen LogP contribution in [0.1, 0.15) is 30.4 Å². The molecule has 23 heavy (non-hydrogen) atoms. The maximum Gasteiger partial charge on any atom is 0.161 e. The van der Waals surface area contributed by atoms with E-state index in [-0.39, 0.29) is 0 Å². The van der Waals surface area contributed by atoms with E-state index in [0.717, 1.165) is 54.7 Å². The van der Waals surface area contributed by atoms with Crippen LogP contribution in [-0.2, 0) is 13.0 Å². The van der Waals surface area contributed by atoms with Crippen LogP contribution in [0.4, 0.5) is 5.82 Å². The summed E-state index contributed by atoms with van der Waals surface area (Å²) in [7, 11) is 0. The van der Waals surface area contributed by atoms with Crippen LogP contribution in [-0.4, -0.2) is 27.6 Å². The molecule has 0 unspecified atom stereocenters. The number of aryl methyl sites for hydroxylation is 2. The minimum absolute atomic E-state index is 0.638. The Morgan fingerprint density at radius 1 is 1.00 bits per heavy atom. The van der Waals surface area contributed by atoms with E-state index in [9.17, 15) is 0 Å². The fourth-order valence-electron chi connectivity index (χ4n) is 4.03. The Morgan fingerprint density at radius 2 is 1.91 bits per heavy atom. The van der Waals surface area contributed by atoms with Crippen molar-refractivity contribution >= 4 is 28.0 Å². The van der Waals surface area contributed by atoms with E-state index in [2.05, 4.69) is 15.5 Å². The standard InChI is InChI=1S/C18H17N5/c19-11-12-5-6-14-15(10-12)21-17-16(20-14)13-4-1-2-7-22-8-3-9-23(17)18(13)22/h5-6,10H,1-4,7-9H2. The maximum absolute atomic E-state index is 9.11. The predicted molar refractivity (Wildman–Crippen MR) is 89.5 cm³/mol. The molecule has 5 heteroatoms. The van der Waals surface area contributed by atoms with Gasteiger partial charge < -0.3 is 9.47 Å². The van der Waals surface area contributed by atoms with Crippen LogP contribution < -0.4 is 4.90 Å². The van der Waals surface area contributed by atoms with Crippen LogP contribution in [0.5, 0.6) is 0 Å². The molecule has 0 aliphatic carbocycles. The fourth-order valence-corrected chi connectivity index (χ4v) is 4.03. The van der Waals surface area contributed by atoms with Gasteiger partial charge in [0.1, 0.15) is 11.3 Å². The molecule has 0 spiro atoms. The lowest BCUT2D eigenvalue weighted by atomic mass is 10.1. The third-order valence-corrected chi connectivity index (χ3v) is 5.06. The molecule has 0 saturated heterocycles. The van der Waals surface area contributed by atoms with Crippen LogP contribution in [0, 0.1) is 11.3 Å². The molecule has 3 aromatic rings. The van der Waals surface area contributed by atoms with Crippen LogP contribution in [0.25, 0.3) is 22.2 Å². The molecule has 5 nitrogen and oxygen atoms in total. The molecule has 0 atom stereocenters. The maximum atomic E-state index is 9.11. The van der Waals surface area contributed by atoms with Crippen molar-refractivity contribution in [2.24, 2.45) is 0 Å². The summed E-state index contributed by atoms with van der Waals surface area (Å²) in [6.07, 6.45) is 4.72. The molecule has 0 N–H and O–H groups in total. The van der Waals surface area contributed by atoms with Crippen molar-refractivity contribution < 1.29 is 0 Å². The minimum atomic E-state index is 0.638. The van der Waals surface area contributed by atoms with E-state index in [4.69, 9.17) is 15.2 Å². The van der Waals surface area contributed by atoms with Crippen molar-refractivity contribution in [3.8, 4) is 6.07 Å². The summed E-state index contributed by atoms with van der Waals surface area (Å²) in [5, 5.41) is 9.11. The molecule has 1 aromatic carbocycles. The van der Waals surface area contributed by atoms with Gasteiger partial charge in [0.25, 0.3) is 0 Å². The molecule has 2 aromatic heterocycles. The summed E-state index contributed by atoms with van der Waals surface area (Å²) in [6, 6.07) is 7.77. The predicted octanol–water partition coefficient (Wildman–Crippen LogP) is 3.00. The van der Waals surface area contributed by atoms with Crippen molar-refractivity contribution in [2.75, 3.05) is 18.0 Å². The number of hydrogen-bond donors (Lipinski definition) is 0. The van der Waals surface area contributed by atoms with Crippen molar-refractivity contribution in [1.82, 2.24) is 14.5 Å². The number of hydrogen-bond acceptors (Lipinski definition) is 4. The summed E-state index contributed by atoms with van der Waals surface area (Å²) >= 11 is 0. The Kier molecular flexibility index (Phi) is 2.63. The summed E-state index contributed by atoms with van der Waals surface area (Å²) < 4.78 is 2.35. The van der Waals surface area contributed by atoms with Crippen molar-refractivity contribution in [3.63, 3.8) is 0 Å². The highest BCUT2D eigenvalue weighted by Crippen LogP contribution is 2.37. The minimum Gasteiger partial charge on any atom is -0.358 e. The van der Waals surface area contributed by atoms with Crippen LogP contribution in [0.3, 0.4) is 0 Å². The highest BCUT2D eigenvalue weighted by Gasteiger charge is 2.28. The number of aromatic nitrogens is 3. The Morgan fingerprint density at radius 3 is 2.83 bits per heavy atom. The van der Waals surface area contributed by atoms with E-state index in [0.29, 0.717) is 5.56 Å². The third-order valence-electron chi connectivity index (χ3n) is 5.06. The molecule has 2 aliphatic rings. The number of nitrogens with zero attached hydrogens (tertiary/aromatic N) is 5. The van der Waals surface area contributed by atoms with Gasteiger partial charge in [0, 0.05) is 25.2 Å². The van der Waals surface area contributed by atoms with Gasteiger partial charge >= 0.3 is 0 Å². The lowest BCUT2D eigenvalue weighted by Gasteiger charge is -2.30. The fraction of sp³-hybridized carbons (Fsp3) is 0.389. The summed E-state index contributed by atoms with van der Waals surface area (Å²) in [6.45, 7) is 3.29. The zero-order valence-corrected chi connectivity index (χ0v) is 12.9. The Balaban J connectivity index is 1.87. The number of anilines is 1. The summed E-state index contributed by atoms with van der Waals surface area (Å²) in [4.78, 5) is 12.3. The summed E-state index contributed by atoms with van der Waals surface area (Å²) in [5.41, 5.74) is 5.76. The lowest BCUT2D eigenvalue weighted by molar-refractivity contribution is 0.568. The number of rotatable bonds is 0. The molecule has 114 valence electrons. The highest BCUT2D eigenvalue weighted by atomic mass is 15.3. The molecular formula is C18H17N5. The van der Waals surface area contributed by atoms with E-state index >= 15 is 0 Å². The normalized spacial score (nSPS) is 17.1. The first-order chi connectivity index (χ1) is 11.3. The second-order valence-electron chi connectivity index (χ2n) is 6.46. The largest absolute Gasteiger partial charge is 0.358 e. The van der Waals surface area contributed by atoms with E-state index in [1.807, 2.05) is 18.2 Å². The van der Waals surface area contributed by atoms with Gasteiger partial charge in [0.2, 0.25) is 0 Å². The van der Waals surface area contributed by atoms with Gasteiger partial charge in [-0.15, -0.1) is 0 Å². The lowest BCUT2D eigenvalue weighted by Crippen LogP contribution is -2.32. The van der Waals surface area contributed by atoms with Crippen LogP contribution >= 0.6 is 0 Å². The van der Waals surface area contributed by atoms with Gasteiger partial charge in [-0.1, -0.05) is 0 Å². The molecule has 0 bridgehead atoms. The smallest absolute Gasteiger partial charge is 0.161 e. The Hall–Kier alpha value is -2.61. The topological polar surface area (TPSA) is 57.7 Å². The zero-order chi connectivity index (χ0) is 15.4. The number of benzene rings is 1. The first-order valence-electron chi connectivity index (χ1n) is 8.33. The second kappa shape index (κ2) is 4.69. The van der Waals surface area contributed by atoms with Crippen molar-refractivity contribution in [3.05, 3.63) is 29.3 Å². The third kappa shape index (κ3) is 1.78.